The third-order valence-corrected chi connectivity index (χ3v) is 24.1. The molecule has 1 N–H and O–H groups in total. The first-order valence-electron chi connectivity index (χ1n) is 15.8. The van der Waals surface area contributed by atoms with Crippen LogP contribution in [0.3, 0.4) is 0 Å². The minimum atomic E-state index is -2.34. The van der Waals surface area contributed by atoms with Crippen molar-refractivity contribution in [1.29, 1.82) is 0 Å². The van der Waals surface area contributed by atoms with Gasteiger partial charge >= 0.3 is 5.69 Å². The molecule has 8 nitrogen and oxygen atoms in total. The first-order valence-corrected chi connectivity index (χ1v) is 24.5. The second-order valence-corrected chi connectivity index (χ2v) is 31.6. The standard InChI is InChI=1S/C31H60N2O6Si3/c1-29(2,3)40(10,11)36-20-23-25(38-41(12,13)30(4,5)6)26(39-42(14,15)31(7,8)9)24(37-23)22-19-33(18-21-16-17-21)28(35)32-27(22)34/h19,21,23-26H,16-18,20H2,1-15H3,(H,32,34,35)/t23-,24+,25-,26+/m1/s1. The van der Waals surface area contributed by atoms with E-state index in [-0.39, 0.29) is 20.8 Å². The number of hydrogen-bond donors (Lipinski definition) is 1. The van der Waals surface area contributed by atoms with Crippen molar-refractivity contribution in [2.75, 3.05) is 6.61 Å². The van der Waals surface area contributed by atoms with Crippen LogP contribution in [0.25, 0.3) is 0 Å². The van der Waals surface area contributed by atoms with E-state index in [9.17, 15) is 9.59 Å². The molecule has 2 aliphatic rings. The fourth-order valence-corrected chi connectivity index (χ4v) is 7.99. The van der Waals surface area contributed by atoms with E-state index in [1.807, 2.05) is 0 Å². The first kappa shape index (κ1) is 35.6. The summed E-state index contributed by atoms with van der Waals surface area (Å²) in [6.45, 7) is 34.4. The molecule has 42 heavy (non-hydrogen) atoms. The second-order valence-electron chi connectivity index (χ2n) is 17.3. The summed E-state index contributed by atoms with van der Waals surface area (Å²) in [5, 5.41) is -0.0638. The number of H-pyrrole nitrogens is 1. The number of aromatic nitrogens is 2. The van der Waals surface area contributed by atoms with Gasteiger partial charge < -0.3 is 18.0 Å². The van der Waals surface area contributed by atoms with Gasteiger partial charge in [-0.25, -0.2) is 4.79 Å². The molecular weight excluding hydrogens is 581 g/mol. The quantitative estimate of drug-likeness (QED) is 0.272. The SMILES string of the molecule is CC(C)(C)[Si](C)(C)OC[C@H]1O[C@@H](c2cn(CC3CC3)c(=O)[nH]c2=O)[C@H](O[Si](C)(C)C(C)(C)C)[C@@H]1O[Si](C)(C)C(C)(C)C. The molecule has 0 unspecified atom stereocenters. The molecule has 1 aliphatic heterocycles. The number of rotatable bonds is 10. The maximum atomic E-state index is 13.4. The van der Waals surface area contributed by atoms with Crippen LogP contribution in [0, 0.1) is 5.92 Å². The summed E-state index contributed by atoms with van der Waals surface area (Å²) in [5.74, 6) is 0.477. The highest BCUT2D eigenvalue weighted by Crippen LogP contribution is 2.47. The van der Waals surface area contributed by atoms with E-state index in [0.29, 0.717) is 24.6 Å². The van der Waals surface area contributed by atoms with Crippen molar-refractivity contribution in [2.45, 2.75) is 161 Å². The Kier molecular flexibility index (Phi) is 10.0. The van der Waals surface area contributed by atoms with Gasteiger partial charge in [0, 0.05) is 12.7 Å². The molecule has 2 fully saturated rings. The molecule has 2 heterocycles. The topological polar surface area (TPSA) is 91.8 Å². The molecule has 1 aromatic heterocycles. The first-order chi connectivity index (χ1) is 18.8. The molecule has 0 amide bonds. The predicted octanol–water partition coefficient (Wildman–Crippen LogP) is 7.19. The number of ether oxygens (including phenoxy) is 1. The summed E-state index contributed by atoms with van der Waals surface area (Å²) in [5.41, 5.74) is -0.363. The van der Waals surface area contributed by atoms with Gasteiger partial charge in [0.15, 0.2) is 25.0 Å². The Morgan fingerprint density at radius 3 is 1.74 bits per heavy atom. The molecule has 3 rings (SSSR count). The van der Waals surface area contributed by atoms with Crippen molar-refractivity contribution in [3.8, 4) is 0 Å². The summed E-state index contributed by atoms with van der Waals surface area (Å²) < 4.78 is 29.6. The average molecular weight is 641 g/mol. The summed E-state index contributed by atoms with van der Waals surface area (Å²) in [6.07, 6.45) is 1.89. The van der Waals surface area contributed by atoms with E-state index in [1.165, 1.54) is 0 Å². The second kappa shape index (κ2) is 11.8. The summed E-state index contributed by atoms with van der Waals surface area (Å²) in [6, 6.07) is 0. The maximum absolute atomic E-state index is 13.4. The molecule has 1 aliphatic carbocycles. The van der Waals surface area contributed by atoms with E-state index >= 15 is 0 Å². The Morgan fingerprint density at radius 2 is 1.29 bits per heavy atom. The molecule has 0 aromatic carbocycles. The Balaban J connectivity index is 2.15. The Bertz CT molecular complexity index is 1220. The monoisotopic (exact) mass is 640 g/mol. The lowest BCUT2D eigenvalue weighted by atomic mass is 10.0. The highest BCUT2D eigenvalue weighted by Gasteiger charge is 2.55. The van der Waals surface area contributed by atoms with Crippen LogP contribution in [0.2, 0.25) is 54.4 Å². The summed E-state index contributed by atoms with van der Waals surface area (Å²) in [4.78, 5) is 28.8. The molecule has 0 radical (unpaired) electrons. The van der Waals surface area contributed by atoms with Crippen LogP contribution in [0.1, 0.15) is 86.8 Å². The Morgan fingerprint density at radius 1 is 0.810 bits per heavy atom. The third-order valence-electron chi connectivity index (χ3n) is 10.7. The zero-order valence-electron chi connectivity index (χ0n) is 29.2. The largest absolute Gasteiger partial charge is 0.414 e. The zero-order chi connectivity index (χ0) is 32.3. The third kappa shape index (κ3) is 7.87. The molecular formula is C31H60N2O6Si3. The predicted molar refractivity (Wildman–Crippen MR) is 179 cm³/mol. The lowest BCUT2D eigenvalue weighted by Gasteiger charge is -2.44. The molecule has 0 bridgehead atoms. The Labute approximate surface area is 257 Å². The van der Waals surface area contributed by atoms with Crippen LogP contribution in [-0.2, 0) is 24.6 Å². The van der Waals surface area contributed by atoms with Crippen LogP contribution in [-0.4, -0.2) is 59.4 Å². The van der Waals surface area contributed by atoms with Crippen LogP contribution in [0.15, 0.2) is 15.8 Å². The highest BCUT2D eigenvalue weighted by molar-refractivity contribution is 6.75. The summed E-state index contributed by atoms with van der Waals surface area (Å²) in [7, 11) is -6.74. The molecule has 1 saturated heterocycles. The van der Waals surface area contributed by atoms with Gasteiger partial charge in [-0.2, -0.15) is 0 Å². The average Bonchev–Trinajstić information content (AvgIpc) is 3.55. The van der Waals surface area contributed by atoms with E-state index in [1.54, 1.807) is 10.8 Å². The van der Waals surface area contributed by atoms with E-state index < -0.39 is 54.9 Å². The molecule has 1 aromatic rings. The van der Waals surface area contributed by atoms with Gasteiger partial charge in [0.05, 0.1) is 12.2 Å². The fourth-order valence-electron chi connectivity index (χ4n) is 4.37. The van der Waals surface area contributed by atoms with Gasteiger partial charge in [-0.1, -0.05) is 62.3 Å². The highest BCUT2D eigenvalue weighted by atomic mass is 28.4. The maximum Gasteiger partial charge on any atom is 0.328 e. The zero-order valence-corrected chi connectivity index (χ0v) is 32.2. The van der Waals surface area contributed by atoms with Gasteiger partial charge in [0.1, 0.15) is 24.4 Å². The minimum Gasteiger partial charge on any atom is -0.414 e. The number of nitrogens with one attached hydrogen (secondary N) is 1. The van der Waals surface area contributed by atoms with Gasteiger partial charge in [0.25, 0.3) is 5.56 Å². The number of aromatic amines is 1. The molecule has 0 spiro atoms. The van der Waals surface area contributed by atoms with Crippen molar-refractivity contribution in [3.63, 3.8) is 0 Å². The van der Waals surface area contributed by atoms with Crippen molar-refractivity contribution in [1.82, 2.24) is 9.55 Å². The molecule has 242 valence electrons. The van der Waals surface area contributed by atoms with Crippen LogP contribution in [0.5, 0.6) is 0 Å². The van der Waals surface area contributed by atoms with E-state index in [2.05, 4.69) is 107 Å². The number of nitrogens with zero attached hydrogens (tertiary/aromatic N) is 1. The van der Waals surface area contributed by atoms with Gasteiger partial charge in [-0.05, 0) is 73.2 Å². The lowest BCUT2D eigenvalue weighted by molar-refractivity contribution is -0.0179. The Hall–Kier alpha value is -0.829. The minimum absolute atomic E-state index is 0.0350. The van der Waals surface area contributed by atoms with Crippen LogP contribution in [0.4, 0.5) is 0 Å². The van der Waals surface area contributed by atoms with Gasteiger partial charge in [-0.15, -0.1) is 0 Å². The van der Waals surface area contributed by atoms with Gasteiger partial charge in [0.2, 0.25) is 0 Å². The van der Waals surface area contributed by atoms with Gasteiger partial charge in [-0.3, -0.25) is 14.3 Å². The molecule has 1 saturated carbocycles. The molecule has 11 heteroatoms. The fraction of sp³-hybridized carbons (Fsp3) is 0.871. The lowest BCUT2D eigenvalue weighted by Crippen LogP contribution is -2.54. The summed E-state index contributed by atoms with van der Waals surface area (Å²) >= 11 is 0. The normalized spacial score (nSPS) is 24.8. The van der Waals surface area contributed by atoms with Crippen molar-refractivity contribution < 1.29 is 18.0 Å². The van der Waals surface area contributed by atoms with Crippen LogP contribution < -0.4 is 11.2 Å². The van der Waals surface area contributed by atoms with E-state index in [4.69, 9.17) is 18.0 Å². The molecule has 4 atom stereocenters. The number of hydrogen-bond acceptors (Lipinski definition) is 6. The van der Waals surface area contributed by atoms with Crippen molar-refractivity contribution in [2.24, 2.45) is 5.92 Å². The van der Waals surface area contributed by atoms with Crippen molar-refractivity contribution >= 4 is 25.0 Å². The smallest absolute Gasteiger partial charge is 0.328 e. The van der Waals surface area contributed by atoms with Crippen LogP contribution >= 0.6 is 0 Å². The van der Waals surface area contributed by atoms with Crippen molar-refractivity contribution in [3.05, 3.63) is 32.6 Å². The van der Waals surface area contributed by atoms with E-state index in [0.717, 1.165) is 12.8 Å².